The Balaban J connectivity index is 1.29. The largest absolute Gasteiger partial charge is 0.507 e. The average Bonchev–Trinajstić information content (AvgIpc) is 3.83. The molecule has 7 rings (SSSR count). The van der Waals surface area contributed by atoms with Gasteiger partial charge < -0.3 is 50.2 Å². The number of phenolic OH excluding ortho intramolecular Hbond substituents is 2. The fourth-order valence-electron chi connectivity index (χ4n) is 8.10. The first kappa shape index (κ1) is 32.1. The number of methoxy groups -OCH3 is 1. The molecule has 3 fully saturated rings. The molecule has 3 aliphatic carbocycles. The Kier molecular flexibility index (Phi) is 7.72. The third kappa shape index (κ3) is 4.73. The smallest absolute Gasteiger partial charge is 0.200 e. The number of morpholine rings is 1. The predicted molar refractivity (Wildman–Crippen MR) is 161 cm³/mol. The maximum absolute atomic E-state index is 13.8. The van der Waals surface area contributed by atoms with Crippen molar-refractivity contribution in [2.45, 2.75) is 87.1 Å². The molecule has 7 atom stereocenters. The first-order valence-corrected chi connectivity index (χ1v) is 15.7. The Morgan fingerprint density at radius 2 is 1.85 bits per heavy atom. The van der Waals surface area contributed by atoms with Crippen LogP contribution in [-0.2, 0) is 30.2 Å². The van der Waals surface area contributed by atoms with Gasteiger partial charge in [0.05, 0.1) is 47.1 Å². The Morgan fingerprint density at radius 3 is 2.53 bits per heavy atom. The summed E-state index contributed by atoms with van der Waals surface area (Å²) in [5, 5.41) is 55.8. The molecule has 2 aromatic rings. The van der Waals surface area contributed by atoms with Crippen molar-refractivity contribution >= 4 is 23.0 Å². The van der Waals surface area contributed by atoms with E-state index in [0.29, 0.717) is 13.2 Å². The van der Waals surface area contributed by atoms with Crippen LogP contribution in [0.4, 0.5) is 5.69 Å². The van der Waals surface area contributed by atoms with Gasteiger partial charge in [-0.1, -0.05) is 12.1 Å². The number of hydrogen-bond acceptors (Lipinski definition) is 14. The number of nitrogens with zero attached hydrogens (tertiary/aromatic N) is 1. The van der Waals surface area contributed by atoms with Crippen molar-refractivity contribution in [1.82, 2.24) is 4.90 Å². The van der Waals surface area contributed by atoms with E-state index < -0.39 is 107 Å². The molecule has 0 amide bonds. The zero-order valence-corrected chi connectivity index (χ0v) is 26.0. The van der Waals surface area contributed by atoms with Gasteiger partial charge in [0, 0.05) is 61.3 Å². The number of aliphatic hydroxyl groups excluding tert-OH is 2. The Labute approximate surface area is 269 Å². The van der Waals surface area contributed by atoms with Crippen molar-refractivity contribution in [3.8, 4) is 11.5 Å². The Bertz CT molecular complexity index is 1670. The van der Waals surface area contributed by atoms with E-state index in [0.717, 1.165) is 12.8 Å². The van der Waals surface area contributed by atoms with Crippen LogP contribution in [0.3, 0.4) is 0 Å². The third-order valence-corrected chi connectivity index (χ3v) is 10.6. The molecule has 1 unspecified atom stereocenters. The molecule has 1 saturated carbocycles. The highest BCUT2D eigenvalue weighted by atomic mass is 16.7. The molecule has 2 aromatic carbocycles. The number of aliphatic hydroxyl groups is 3. The fraction of sp³-hybridized carbons (Fsp3) is 0.545. The van der Waals surface area contributed by atoms with Gasteiger partial charge in [0.1, 0.15) is 23.7 Å². The van der Waals surface area contributed by atoms with E-state index in [4.69, 9.17) is 24.7 Å². The topological polar surface area (TPSA) is 219 Å². The summed E-state index contributed by atoms with van der Waals surface area (Å²) in [6, 6.07) is 3.84. The number of carbonyl (C=O) groups excluding carboxylic acids is 3. The number of ether oxygens (including phenoxy) is 4. The van der Waals surface area contributed by atoms with Gasteiger partial charge in [0.15, 0.2) is 29.9 Å². The summed E-state index contributed by atoms with van der Waals surface area (Å²) in [5.41, 5.74) is 1.99. The second-order valence-corrected chi connectivity index (χ2v) is 13.2. The molecular weight excluding hydrogens is 616 g/mol. The van der Waals surface area contributed by atoms with Crippen molar-refractivity contribution < 1.29 is 58.9 Å². The van der Waals surface area contributed by atoms with E-state index in [-0.39, 0.29) is 34.4 Å². The summed E-state index contributed by atoms with van der Waals surface area (Å²) >= 11 is 0. The van der Waals surface area contributed by atoms with Gasteiger partial charge >= 0.3 is 0 Å². The highest BCUT2D eigenvalue weighted by Crippen LogP contribution is 2.54. The van der Waals surface area contributed by atoms with E-state index in [1.54, 1.807) is 14.0 Å². The van der Waals surface area contributed by atoms with E-state index in [1.165, 1.54) is 18.2 Å². The number of aromatic hydroxyl groups is 2. The van der Waals surface area contributed by atoms with Crippen LogP contribution in [0.2, 0.25) is 0 Å². The average molecular weight is 655 g/mol. The highest BCUT2D eigenvalue weighted by Gasteiger charge is 2.61. The molecular formula is C33H38N2O12. The lowest BCUT2D eigenvalue weighted by Gasteiger charge is -2.50. The molecule has 14 heteroatoms. The van der Waals surface area contributed by atoms with E-state index >= 15 is 0 Å². The van der Waals surface area contributed by atoms with Crippen LogP contribution < -0.4 is 5.73 Å². The summed E-state index contributed by atoms with van der Waals surface area (Å²) in [4.78, 5) is 42.5. The molecule has 1 spiro atoms. The number of nitrogen functional groups attached to an aromatic ring is 1. The molecule has 7 N–H and O–H groups in total. The third-order valence-electron chi connectivity index (χ3n) is 10.6. The molecule has 47 heavy (non-hydrogen) atoms. The standard InChI is InChI=1S/C33H38N2O12/c1-14-26(38)18(35-8-9-45-31(44-2)32(35)6-7-32)10-21(46-14)47-19-12-33(43,20(37)13-36)11-16-23(19)30(42)25-24(28(16)40)27(39)15-4-3-5-17(34)22(15)29(25)41/h3-5,14,18-19,21,26,31,36,38,40,42-43H,6-13,34H2,1-2H3/t14-,18-,19-,21?,26+,31-,33-/m0/s1. The minimum atomic E-state index is -2.26. The molecule has 0 bridgehead atoms. The minimum absolute atomic E-state index is 0.0141. The Morgan fingerprint density at radius 1 is 1.13 bits per heavy atom. The molecule has 2 heterocycles. The zero-order chi connectivity index (χ0) is 33.6. The van der Waals surface area contributed by atoms with Crippen molar-refractivity contribution in [3.63, 3.8) is 0 Å². The number of fused-ring (bicyclic) bond motifs is 3. The molecule has 2 saturated heterocycles. The van der Waals surface area contributed by atoms with Gasteiger partial charge in [-0.3, -0.25) is 19.3 Å². The zero-order valence-electron chi connectivity index (χ0n) is 26.0. The number of nitrogens with two attached hydrogens (primary N) is 1. The molecule has 14 nitrogen and oxygen atoms in total. The predicted octanol–water partition coefficient (Wildman–Crippen LogP) is 0.453. The van der Waals surface area contributed by atoms with Crippen LogP contribution in [0.25, 0.3) is 0 Å². The lowest BCUT2D eigenvalue weighted by Crippen LogP contribution is -2.64. The number of carbonyl (C=O) groups is 3. The van der Waals surface area contributed by atoms with Crippen molar-refractivity contribution in [2.75, 3.05) is 32.6 Å². The number of Topliss-reactive ketones (excluding diaryl/α,β-unsaturated/α-hetero) is 1. The molecule has 252 valence electrons. The lowest BCUT2D eigenvalue weighted by molar-refractivity contribution is -0.277. The normalized spacial score (nSPS) is 32.9. The van der Waals surface area contributed by atoms with Crippen LogP contribution in [0.1, 0.15) is 81.7 Å². The van der Waals surface area contributed by atoms with E-state index in [9.17, 15) is 39.9 Å². The maximum Gasteiger partial charge on any atom is 0.200 e. The van der Waals surface area contributed by atoms with Gasteiger partial charge in [0.2, 0.25) is 0 Å². The first-order valence-electron chi connectivity index (χ1n) is 15.7. The minimum Gasteiger partial charge on any atom is -0.507 e. The number of benzene rings is 2. The molecule has 2 aliphatic heterocycles. The quantitative estimate of drug-likeness (QED) is 0.157. The van der Waals surface area contributed by atoms with Crippen LogP contribution in [-0.4, -0.2) is 117 Å². The van der Waals surface area contributed by atoms with Gasteiger partial charge in [-0.2, -0.15) is 0 Å². The van der Waals surface area contributed by atoms with Crippen molar-refractivity contribution in [2.24, 2.45) is 0 Å². The number of hydrogen-bond donors (Lipinski definition) is 6. The van der Waals surface area contributed by atoms with Gasteiger partial charge in [-0.05, 0) is 25.8 Å². The van der Waals surface area contributed by atoms with Gasteiger partial charge in [-0.15, -0.1) is 0 Å². The summed E-state index contributed by atoms with van der Waals surface area (Å²) in [7, 11) is 1.57. The van der Waals surface area contributed by atoms with Crippen molar-refractivity contribution in [1.29, 1.82) is 0 Å². The summed E-state index contributed by atoms with van der Waals surface area (Å²) in [5.74, 6) is -3.87. The van der Waals surface area contributed by atoms with Crippen LogP contribution in [0.5, 0.6) is 11.5 Å². The van der Waals surface area contributed by atoms with E-state index in [2.05, 4.69) is 4.90 Å². The monoisotopic (exact) mass is 654 g/mol. The SMILES string of the molecule is CO[C@H]1OCCN([C@H]2CC(O[C@H]3C[C@](O)(C(=O)CO)Cc4c(O)c5c(c(O)c43)C(=O)c3c(N)cccc3C5=O)O[C@@H](C)[C@H]2O)C12CC2. The number of anilines is 1. The Hall–Kier alpha value is -3.47. The highest BCUT2D eigenvalue weighted by molar-refractivity contribution is 6.32. The number of ketones is 3. The summed E-state index contributed by atoms with van der Waals surface area (Å²) in [6.07, 6.45) is -3.80. The molecule has 5 aliphatic rings. The molecule has 0 aromatic heterocycles. The van der Waals surface area contributed by atoms with Gasteiger partial charge in [0.25, 0.3) is 0 Å². The summed E-state index contributed by atoms with van der Waals surface area (Å²) in [6.45, 7) is 1.58. The lowest BCUT2D eigenvalue weighted by atomic mass is 9.72. The fourth-order valence-corrected chi connectivity index (χ4v) is 8.10. The van der Waals surface area contributed by atoms with Crippen molar-refractivity contribution in [3.05, 3.63) is 51.6 Å². The number of rotatable bonds is 6. The number of phenols is 2. The summed E-state index contributed by atoms with van der Waals surface area (Å²) < 4.78 is 23.9. The van der Waals surface area contributed by atoms with Crippen LogP contribution in [0, 0.1) is 0 Å². The van der Waals surface area contributed by atoms with E-state index in [1.807, 2.05) is 0 Å². The molecule has 0 radical (unpaired) electrons. The van der Waals surface area contributed by atoms with Crippen LogP contribution in [0.15, 0.2) is 18.2 Å². The maximum atomic E-state index is 13.8. The first-order chi connectivity index (χ1) is 22.4. The second kappa shape index (κ2) is 11.3. The second-order valence-electron chi connectivity index (χ2n) is 13.2. The van der Waals surface area contributed by atoms with Gasteiger partial charge in [-0.25, -0.2) is 0 Å². The van der Waals surface area contributed by atoms with Crippen LogP contribution >= 0.6 is 0 Å².